The largest absolute Gasteiger partial charge is 0.351 e. The first kappa shape index (κ1) is 31.1. The van der Waals surface area contributed by atoms with E-state index in [-0.39, 0.29) is 30.4 Å². The molecule has 2 fully saturated rings. The Labute approximate surface area is 265 Å². The summed E-state index contributed by atoms with van der Waals surface area (Å²) < 4.78 is 43.1. The van der Waals surface area contributed by atoms with Gasteiger partial charge < -0.3 is 5.32 Å². The first-order valence-electron chi connectivity index (χ1n) is 14.3. The number of anilines is 1. The van der Waals surface area contributed by atoms with Crippen LogP contribution in [0.3, 0.4) is 0 Å². The van der Waals surface area contributed by atoms with Crippen molar-refractivity contribution < 1.29 is 22.4 Å². The smallest absolute Gasteiger partial charge is 0.248 e. The molecule has 0 bridgehead atoms. The lowest BCUT2D eigenvalue weighted by atomic mass is 9.94. The van der Waals surface area contributed by atoms with Crippen molar-refractivity contribution in [1.29, 1.82) is 5.26 Å². The third kappa shape index (κ3) is 7.08. The Morgan fingerprint density at radius 3 is 2.49 bits per heavy atom. The van der Waals surface area contributed by atoms with Gasteiger partial charge in [0.15, 0.2) is 0 Å². The number of nitriles is 1. The van der Waals surface area contributed by atoms with Crippen molar-refractivity contribution in [2.24, 2.45) is 0 Å². The molecule has 0 radical (unpaired) electrons. The lowest BCUT2D eigenvalue weighted by molar-refractivity contribution is -0.128. The van der Waals surface area contributed by atoms with Crippen LogP contribution in [-0.4, -0.2) is 42.4 Å². The number of hydrogen-bond acceptors (Lipinski definition) is 5. The Kier molecular flexibility index (Phi) is 9.78. The van der Waals surface area contributed by atoms with E-state index in [9.17, 15) is 27.7 Å². The van der Waals surface area contributed by atoms with Gasteiger partial charge in [0.2, 0.25) is 21.8 Å². The molecule has 8 nitrogen and oxygen atoms in total. The first-order chi connectivity index (χ1) is 20.7. The molecule has 2 aliphatic rings. The average molecular weight is 715 g/mol. The van der Waals surface area contributed by atoms with Crippen molar-refractivity contribution in [2.45, 2.75) is 63.2 Å². The number of nitrogens with one attached hydrogen (secondary N) is 1. The van der Waals surface area contributed by atoms with E-state index < -0.39 is 39.7 Å². The van der Waals surface area contributed by atoms with Crippen molar-refractivity contribution in [3.05, 3.63) is 98.9 Å². The summed E-state index contributed by atoms with van der Waals surface area (Å²) in [5.41, 5.74) is 1.65. The van der Waals surface area contributed by atoms with Crippen molar-refractivity contribution in [1.82, 2.24) is 9.62 Å². The lowest BCUT2D eigenvalue weighted by Gasteiger charge is -2.36. The van der Waals surface area contributed by atoms with Gasteiger partial charge in [-0.05, 0) is 89.4 Å². The van der Waals surface area contributed by atoms with Crippen molar-refractivity contribution >= 4 is 50.1 Å². The summed E-state index contributed by atoms with van der Waals surface area (Å²) in [7, 11) is -3.84. The van der Waals surface area contributed by atoms with Gasteiger partial charge in [0.1, 0.15) is 17.9 Å². The third-order valence-corrected chi connectivity index (χ3v) is 10.8. The lowest BCUT2D eigenvalue weighted by Crippen LogP contribution is -2.52. The predicted octanol–water partition coefficient (Wildman–Crippen LogP) is 5.43. The van der Waals surface area contributed by atoms with Gasteiger partial charge >= 0.3 is 0 Å². The van der Waals surface area contributed by atoms with Gasteiger partial charge in [-0.2, -0.15) is 9.57 Å². The molecule has 0 unspecified atom stereocenters. The highest BCUT2D eigenvalue weighted by atomic mass is 127. The summed E-state index contributed by atoms with van der Waals surface area (Å²) in [6.07, 6.45) is 4.75. The van der Waals surface area contributed by atoms with Crippen LogP contribution in [-0.2, 0) is 26.2 Å². The predicted molar refractivity (Wildman–Crippen MR) is 170 cm³/mol. The minimum atomic E-state index is -3.84. The molecular weight excluding hydrogens is 682 g/mol. The van der Waals surface area contributed by atoms with Gasteiger partial charge in [-0.1, -0.05) is 55.7 Å². The minimum absolute atomic E-state index is 0.00771. The molecule has 2 amide bonds. The molecule has 11 heteroatoms. The van der Waals surface area contributed by atoms with E-state index in [1.807, 2.05) is 12.1 Å². The molecule has 1 heterocycles. The molecule has 2 atom stereocenters. The fourth-order valence-corrected chi connectivity index (χ4v) is 8.27. The van der Waals surface area contributed by atoms with Crippen LogP contribution in [0.5, 0.6) is 0 Å². The van der Waals surface area contributed by atoms with Gasteiger partial charge in [0.25, 0.3) is 0 Å². The zero-order chi connectivity index (χ0) is 30.6. The zero-order valence-corrected chi connectivity index (χ0v) is 26.4. The summed E-state index contributed by atoms with van der Waals surface area (Å²) in [6, 6.07) is 18.9. The van der Waals surface area contributed by atoms with Crippen LogP contribution < -0.4 is 10.2 Å². The van der Waals surface area contributed by atoms with Crippen LogP contribution in [0.4, 0.5) is 10.1 Å². The highest BCUT2D eigenvalue weighted by Crippen LogP contribution is 2.35. The number of nitrogens with zero attached hydrogens (tertiary/aromatic N) is 3. The summed E-state index contributed by atoms with van der Waals surface area (Å²) in [5, 5.41) is 12.5. The van der Waals surface area contributed by atoms with Gasteiger partial charge in [-0.3, -0.25) is 14.5 Å². The number of halogens is 2. The number of hydrogen-bond donors (Lipinski definition) is 1. The van der Waals surface area contributed by atoms with Crippen LogP contribution in [0.1, 0.15) is 61.3 Å². The Morgan fingerprint density at radius 1 is 1.02 bits per heavy atom. The highest BCUT2D eigenvalue weighted by Gasteiger charge is 2.46. The molecule has 5 rings (SSSR count). The van der Waals surface area contributed by atoms with Gasteiger partial charge in [-0.15, -0.1) is 0 Å². The second kappa shape index (κ2) is 13.5. The molecule has 1 aliphatic heterocycles. The fraction of sp³-hybridized carbons (Fsp3) is 0.344. The van der Waals surface area contributed by atoms with Crippen LogP contribution in [0, 0.1) is 20.7 Å². The van der Waals surface area contributed by atoms with Gasteiger partial charge in [0, 0.05) is 21.8 Å². The summed E-state index contributed by atoms with van der Waals surface area (Å²) in [6.45, 7) is -0.118. The second-order valence-electron chi connectivity index (χ2n) is 10.9. The molecule has 3 aromatic carbocycles. The number of amides is 2. The van der Waals surface area contributed by atoms with Gasteiger partial charge in [-0.25, -0.2) is 12.8 Å². The molecule has 3 aromatic rings. The fourth-order valence-electron chi connectivity index (χ4n) is 5.90. The summed E-state index contributed by atoms with van der Waals surface area (Å²) >= 11 is 2.12. The molecule has 1 N–H and O–H groups in total. The monoisotopic (exact) mass is 714 g/mol. The Balaban J connectivity index is 1.59. The summed E-state index contributed by atoms with van der Waals surface area (Å²) in [4.78, 5) is 30.1. The molecule has 1 saturated heterocycles. The zero-order valence-electron chi connectivity index (χ0n) is 23.5. The Bertz CT molecular complexity index is 1650. The number of benzene rings is 3. The quantitative estimate of drug-likeness (QED) is 0.313. The number of rotatable bonds is 8. The number of carbonyl (C=O) groups is 2. The molecule has 1 aliphatic carbocycles. The standard InChI is InChI=1S/C32H32FIN4O4S/c33-24-10-7-13-26(19-24)38(30(27-14-4-5-15-28(27)34)31(39)36-25-11-2-1-3-12-25)32(40)29-16-17-43(41,42)37(29)21-23-9-6-8-22(18-23)20-35/h4-10,13-15,18-19,25,29-30H,1-3,11-12,16-17,21H2,(H,36,39)/t29-,30+/m0/s1. The maximum absolute atomic E-state index is 14.7. The molecule has 43 heavy (non-hydrogen) atoms. The second-order valence-corrected chi connectivity index (χ2v) is 14.1. The third-order valence-electron chi connectivity index (χ3n) is 8.02. The molecule has 1 saturated carbocycles. The topological polar surface area (TPSA) is 111 Å². The van der Waals surface area contributed by atoms with Crippen LogP contribution in [0.15, 0.2) is 72.8 Å². The SMILES string of the molecule is N#Cc1cccc(CN2[C@H](C(=O)N(c3cccc(F)c3)[C@@H](C(=O)NC3CCCCC3)c3ccccc3I)CCS2(=O)=O)c1. The molecule has 0 spiro atoms. The molecule has 0 aromatic heterocycles. The Morgan fingerprint density at radius 2 is 1.77 bits per heavy atom. The van der Waals surface area contributed by atoms with E-state index in [4.69, 9.17) is 0 Å². The summed E-state index contributed by atoms with van der Waals surface area (Å²) in [5.74, 6) is -1.86. The van der Waals surface area contributed by atoms with Crippen molar-refractivity contribution in [2.75, 3.05) is 10.7 Å². The Hall–Kier alpha value is -3.34. The van der Waals surface area contributed by atoms with Crippen molar-refractivity contribution in [3.8, 4) is 6.07 Å². The van der Waals surface area contributed by atoms with E-state index in [0.717, 1.165) is 40.0 Å². The average Bonchev–Trinajstić information content (AvgIpc) is 3.30. The van der Waals surface area contributed by atoms with E-state index in [1.54, 1.807) is 42.5 Å². The maximum Gasteiger partial charge on any atom is 0.248 e. The van der Waals surface area contributed by atoms with Crippen molar-refractivity contribution in [3.63, 3.8) is 0 Å². The van der Waals surface area contributed by atoms with Crippen LogP contribution in [0.2, 0.25) is 0 Å². The highest BCUT2D eigenvalue weighted by molar-refractivity contribution is 14.1. The van der Waals surface area contributed by atoms with E-state index in [2.05, 4.69) is 34.0 Å². The first-order valence-corrected chi connectivity index (χ1v) is 17.0. The maximum atomic E-state index is 14.7. The van der Waals surface area contributed by atoms with Crippen LogP contribution >= 0.6 is 22.6 Å². The molecule has 224 valence electrons. The van der Waals surface area contributed by atoms with E-state index in [0.29, 0.717) is 16.7 Å². The minimum Gasteiger partial charge on any atom is -0.351 e. The van der Waals surface area contributed by atoms with E-state index in [1.165, 1.54) is 23.1 Å². The normalized spacial score (nSPS) is 19.3. The van der Waals surface area contributed by atoms with E-state index >= 15 is 0 Å². The van der Waals surface area contributed by atoms with Gasteiger partial charge in [0.05, 0.1) is 17.4 Å². The van der Waals surface area contributed by atoms with Crippen LogP contribution in [0.25, 0.3) is 0 Å². The number of sulfonamides is 1. The molecular formula is C32H32FIN4O4S. The number of carbonyl (C=O) groups excluding carboxylic acids is 2.